The molecule has 0 fully saturated rings. The van der Waals surface area contributed by atoms with E-state index in [-0.39, 0.29) is 6.42 Å². The summed E-state index contributed by atoms with van der Waals surface area (Å²) in [5.41, 5.74) is 2.61. The summed E-state index contributed by atoms with van der Waals surface area (Å²) in [4.78, 5) is 21.1. The normalized spacial score (nSPS) is 11.3. The molecule has 0 aliphatic rings. The number of carboxylic acids is 2. The SMILES string of the molecule is NCCCCCCC(O)(C(=O)O)C(=O)O. The lowest BCUT2D eigenvalue weighted by molar-refractivity contribution is -0.176. The van der Waals surface area contributed by atoms with Crippen LogP contribution < -0.4 is 5.73 Å². The van der Waals surface area contributed by atoms with Gasteiger partial charge in [-0.2, -0.15) is 0 Å². The first kappa shape index (κ1) is 13.9. The molecule has 0 radical (unpaired) electrons. The fourth-order valence-corrected chi connectivity index (χ4v) is 1.18. The van der Waals surface area contributed by atoms with Crippen molar-refractivity contribution in [1.82, 2.24) is 0 Å². The number of carbonyl (C=O) groups is 2. The van der Waals surface area contributed by atoms with E-state index in [0.717, 1.165) is 12.8 Å². The van der Waals surface area contributed by atoms with E-state index < -0.39 is 17.5 Å². The number of aliphatic carboxylic acids is 2. The highest BCUT2D eigenvalue weighted by Crippen LogP contribution is 2.16. The molecule has 0 aliphatic carbocycles. The Morgan fingerprint density at radius 3 is 1.87 bits per heavy atom. The zero-order valence-electron chi connectivity index (χ0n) is 8.48. The minimum absolute atomic E-state index is 0.276. The highest BCUT2D eigenvalue weighted by molar-refractivity contribution is 6.01. The third-order valence-electron chi connectivity index (χ3n) is 2.20. The molecule has 0 unspecified atom stereocenters. The van der Waals surface area contributed by atoms with Crippen LogP contribution in [0.15, 0.2) is 0 Å². The van der Waals surface area contributed by atoms with Crippen LogP contribution in [0.2, 0.25) is 0 Å². The van der Waals surface area contributed by atoms with E-state index >= 15 is 0 Å². The van der Waals surface area contributed by atoms with E-state index in [1.807, 2.05) is 0 Å². The minimum atomic E-state index is -2.65. The Morgan fingerprint density at radius 2 is 1.47 bits per heavy atom. The maximum absolute atomic E-state index is 10.5. The molecule has 0 heterocycles. The van der Waals surface area contributed by atoms with Crippen LogP contribution in [0.1, 0.15) is 32.1 Å². The maximum Gasteiger partial charge on any atom is 0.347 e. The molecular weight excluding hydrogens is 202 g/mol. The molecule has 0 rings (SSSR count). The smallest absolute Gasteiger partial charge is 0.347 e. The summed E-state index contributed by atoms with van der Waals surface area (Å²) in [6, 6.07) is 0. The van der Waals surface area contributed by atoms with E-state index in [4.69, 9.17) is 15.9 Å². The van der Waals surface area contributed by atoms with Gasteiger partial charge in [-0.05, 0) is 25.8 Å². The van der Waals surface area contributed by atoms with Crippen LogP contribution in [0.4, 0.5) is 0 Å². The van der Waals surface area contributed by atoms with E-state index in [0.29, 0.717) is 19.4 Å². The predicted octanol–water partition coefficient (Wildman–Crippen LogP) is -0.204. The minimum Gasteiger partial charge on any atom is -0.479 e. The number of aliphatic hydroxyl groups is 1. The fourth-order valence-electron chi connectivity index (χ4n) is 1.18. The van der Waals surface area contributed by atoms with Crippen molar-refractivity contribution in [2.45, 2.75) is 37.7 Å². The van der Waals surface area contributed by atoms with Crippen molar-refractivity contribution < 1.29 is 24.9 Å². The topological polar surface area (TPSA) is 121 Å². The van der Waals surface area contributed by atoms with Crippen molar-refractivity contribution in [3.8, 4) is 0 Å². The molecule has 0 saturated carbocycles. The lowest BCUT2D eigenvalue weighted by Crippen LogP contribution is -2.46. The second-order valence-electron chi connectivity index (χ2n) is 3.42. The van der Waals surface area contributed by atoms with Crippen LogP contribution in [0.5, 0.6) is 0 Å². The number of hydrogen-bond acceptors (Lipinski definition) is 4. The second kappa shape index (κ2) is 6.36. The fraction of sp³-hybridized carbons (Fsp3) is 0.778. The molecule has 0 amide bonds. The third-order valence-corrected chi connectivity index (χ3v) is 2.20. The van der Waals surface area contributed by atoms with Crippen LogP contribution in [-0.2, 0) is 9.59 Å². The number of hydrogen-bond donors (Lipinski definition) is 4. The molecule has 6 nitrogen and oxygen atoms in total. The Morgan fingerprint density at radius 1 is 1.00 bits per heavy atom. The summed E-state index contributed by atoms with van der Waals surface area (Å²) < 4.78 is 0. The predicted molar refractivity (Wildman–Crippen MR) is 52.4 cm³/mol. The van der Waals surface area contributed by atoms with Gasteiger partial charge < -0.3 is 21.1 Å². The number of carboxylic acid groups (broad SMARTS) is 2. The average molecular weight is 219 g/mol. The molecular formula is C9H17NO5. The van der Waals surface area contributed by atoms with Gasteiger partial charge in [-0.3, -0.25) is 0 Å². The quantitative estimate of drug-likeness (QED) is 0.331. The van der Waals surface area contributed by atoms with Crippen LogP contribution in [0.25, 0.3) is 0 Å². The zero-order valence-corrected chi connectivity index (χ0v) is 8.48. The van der Waals surface area contributed by atoms with E-state index in [1.165, 1.54) is 0 Å². The molecule has 6 heteroatoms. The van der Waals surface area contributed by atoms with Gasteiger partial charge in [0.15, 0.2) is 0 Å². The van der Waals surface area contributed by atoms with E-state index in [1.54, 1.807) is 0 Å². The van der Waals surface area contributed by atoms with Crippen LogP contribution in [0.3, 0.4) is 0 Å². The Labute approximate surface area is 87.7 Å². The van der Waals surface area contributed by atoms with Gasteiger partial charge >= 0.3 is 11.9 Å². The molecule has 0 aromatic rings. The van der Waals surface area contributed by atoms with E-state index in [9.17, 15) is 14.7 Å². The van der Waals surface area contributed by atoms with Gasteiger partial charge in [0, 0.05) is 0 Å². The summed E-state index contributed by atoms with van der Waals surface area (Å²) >= 11 is 0. The number of rotatable bonds is 8. The van der Waals surface area contributed by atoms with E-state index in [2.05, 4.69) is 0 Å². The molecule has 0 saturated heterocycles. The Hall–Kier alpha value is -1.14. The van der Waals surface area contributed by atoms with Crippen molar-refractivity contribution in [1.29, 1.82) is 0 Å². The standard InChI is InChI=1S/C9H17NO5/c10-6-4-2-1-3-5-9(15,7(11)12)8(13)14/h15H,1-6,10H2,(H,11,12)(H,13,14). The first-order chi connectivity index (χ1) is 6.95. The van der Waals surface area contributed by atoms with Crippen molar-refractivity contribution in [3.63, 3.8) is 0 Å². The van der Waals surface area contributed by atoms with Gasteiger partial charge in [-0.25, -0.2) is 9.59 Å². The van der Waals surface area contributed by atoms with Crippen molar-refractivity contribution in [3.05, 3.63) is 0 Å². The molecule has 0 aromatic carbocycles. The third kappa shape index (κ3) is 4.26. The van der Waals surface area contributed by atoms with Gasteiger partial charge in [-0.1, -0.05) is 12.8 Å². The van der Waals surface area contributed by atoms with Gasteiger partial charge in [0.05, 0.1) is 0 Å². The highest BCUT2D eigenvalue weighted by Gasteiger charge is 2.43. The number of nitrogens with two attached hydrogens (primary N) is 1. The largest absolute Gasteiger partial charge is 0.479 e. The van der Waals surface area contributed by atoms with Crippen molar-refractivity contribution in [2.24, 2.45) is 5.73 Å². The molecule has 0 bridgehead atoms. The summed E-state index contributed by atoms with van der Waals surface area (Å²) in [5, 5.41) is 26.4. The van der Waals surface area contributed by atoms with Crippen LogP contribution >= 0.6 is 0 Å². The lowest BCUT2D eigenvalue weighted by Gasteiger charge is -2.17. The molecule has 88 valence electrons. The molecule has 15 heavy (non-hydrogen) atoms. The first-order valence-corrected chi connectivity index (χ1v) is 4.84. The summed E-state index contributed by atoms with van der Waals surface area (Å²) in [5.74, 6) is -3.43. The maximum atomic E-state index is 10.5. The number of unbranched alkanes of at least 4 members (excludes halogenated alkanes) is 3. The van der Waals surface area contributed by atoms with Crippen LogP contribution in [0, 0.1) is 0 Å². The summed E-state index contributed by atoms with van der Waals surface area (Å²) in [6.45, 7) is 0.558. The monoisotopic (exact) mass is 219 g/mol. The highest BCUT2D eigenvalue weighted by atomic mass is 16.4. The Balaban J connectivity index is 3.99. The lowest BCUT2D eigenvalue weighted by atomic mass is 9.96. The van der Waals surface area contributed by atoms with Crippen molar-refractivity contribution in [2.75, 3.05) is 6.54 Å². The van der Waals surface area contributed by atoms with Gasteiger partial charge in [0.1, 0.15) is 0 Å². The summed E-state index contributed by atoms with van der Waals surface area (Å²) in [6.07, 6.45) is 2.38. The second-order valence-corrected chi connectivity index (χ2v) is 3.42. The molecule has 0 aliphatic heterocycles. The summed E-state index contributed by atoms with van der Waals surface area (Å²) in [7, 11) is 0. The van der Waals surface area contributed by atoms with Gasteiger partial charge in [0.25, 0.3) is 5.60 Å². The molecule has 0 aromatic heterocycles. The molecule has 0 spiro atoms. The molecule has 5 N–H and O–H groups in total. The Kier molecular flexibility index (Phi) is 5.88. The Bertz CT molecular complexity index is 215. The van der Waals surface area contributed by atoms with Gasteiger partial charge in [0.2, 0.25) is 0 Å². The van der Waals surface area contributed by atoms with Crippen LogP contribution in [-0.4, -0.2) is 39.4 Å². The average Bonchev–Trinajstić information content (AvgIpc) is 2.16. The van der Waals surface area contributed by atoms with Gasteiger partial charge in [-0.15, -0.1) is 0 Å². The molecule has 0 atom stereocenters. The van der Waals surface area contributed by atoms with Crippen molar-refractivity contribution >= 4 is 11.9 Å². The zero-order chi connectivity index (χ0) is 11.9. The first-order valence-electron chi connectivity index (χ1n) is 4.84.